The van der Waals surface area contributed by atoms with Crippen LogP contribution >= 0.6 is 11.8 Å². The maximum Gasteiger partial charge on any atom is 0.230 e. The first-order valence-electron chi connectivity index (χ1n) is 4.07. The van der Waals surface area contributed by atoms with Crippen LogP contribution in [0.1, 0.15) is 13.3 Å². The van der Waals surface area contributed by atoms with E-state index in [0.717, 1.165) is 12.2 Å². The minimum absolute atomic E-state index is 0.259. The Morgan fingerprint density at radius 3 is 3.25 bits per heavy atom. The third-order valence-corrected chi connectivity index (χ3v) is 3.35. The summed E-state index contributed by atoms with van der Waals surface area (Å²) in [4.78, 5) is 12.9. The highest BCUT2D eigenvalue weighted by Gasteiger charge is 2.37. The summed E-state index contributed by atoms with van der Waals surface area (Å²) in [6.45, 7) is 2.00. The third-order valence-electron chi connectivity index (χ3n) is 2.08. The van der Waals surface area contributed by atoms with Crippen molar-refractivity contribution in [3.63, 3.8) is 0 Å². The monoisotopic (exact) mass is 181 g/mol. The Labute approximate surface area is 76.3 Å². The first kappa shape index (κ1) is 7.92. The van der Waals surface area contributed by atoms with Crippen molar-refractivity contribution >= 4 is 17.7 Å². The van der Waals surface area contributed by atoms with E-state index in [1.807, 2.05) is 35.9 Å². The molecule has 1 atom stereocenters. The molecule has 2 aliphatic heterocycles. The average Bonchev–Trinajstić information content (AvgIpc) is 2.07. The van der Waals surface area contributed by atoms with E-state index < -0.39 is 0 Å². The molecule has 1 amide bonds. The highest BCUT2D eigenvalue weighted by atomic mass is 32.2. The van der Waals surface area contributed by atoms with Crippen LogP contribution < -0.4 is 0 Å². The van der Waals surface area contributed by atoms with Crippen LogP contribution in [0.15, 0.2) is 23.9 Å². The van der Waals surface area contributed by atoms with Gasteiger partial charge in [-0.05, 0) is 12.5 Å². The van der Waals surface area contributed by atoms with Gasteiger partial charge in [-0.2, -0.15) is 0 Å². The molecular weight excluding hydrogens is 170 g/mol. The van der Waals surface area contributed by atoms with Crippen LogP contribution in [0.25, 0.3) is 0 Å². The van der Waals surface area contributed by atoms with E-state index in [0.29, 0.717) is 5.37 Å². The van der Waals surface area contributed by atoms with Gasteiger partial charge in [-0.25, -0.2) is 0 Å². The molecule has 0 N–H and O–H groups in total. The number of rotatable bonds is 1. The average molecular weight is 181 g/mol. The number of carbonyl (C=O) groups excluding carboxylic acids is 1. The number of β-lactam (4-membered cyclic amide) rings is 1. The molecular formula is C9H11NOS. The van der Waals surface area contributed by atoms with Gasteiger partial charge in [0.05, 0.1) is 11.8 Å². The van der Waals surface area contributed by atoms with Crippen molar-refractivity contribution in [2.45, 2.75) is 18.7 Å². The molecule has 0 aromatic heterocycles. The molecule has 1 saturated heterocycles. The molecule has 1 fully saturated rings. The Balaban J connectivity index is 2.13. The van der Waals surface area contributed by atoms with Gasteiger partial charge in [0.15, 0.2) is 0 Å². The van der Waals surface area contributed by atoms with E-state index in [9.17, 15) is 4.79 Å². The van der Waals surface area contributed by atoms with Crippen LogP contribution in [-0.2, 0) is 4.79 Å². The first-order valence-corrected chi connectivity index (χ1v) is 5.12. The second kappa shape index (κ2) is 2.98. The summed E-state index contributed by atoms with van der Waals surface area (Å²) in [6, 6.07) is 0. The molecule has 2 rings (SSSR count). The predicted molar refractivity (Wildman–Crippen MR) is 50.6 cm³/mol. The minimum atomic E-state index is 0.259. The smallest absolute Gasteiger partial charge is 0.230 e. The number of nitrogens with zero attached hydrogens (tertiary/aromatic N) is 1. The van der Waals surface area contributed by atoms with Crippen molar-refractivity contribution in [3.05, 3.63) is 23.9 Å². The molecule has 2 heterocycles. The van der Waals surface area contributed by atoms with Gasteiger partial charge in [-0.15, -0.1) is 11.8 Å². The topological polar surface area (TPSA) is 20.3 Å². The number of hydrogen-bond donors (Lipinski definition) is 0. The van der Waals surface area contributed by atoms with Crippen LogP contribution in [0.5, 0.6) is 0 Å². The number of fused-ring (bicyclic) bond motifs is 1. The zero-order valence-electron chi connectivity index (χ0n) is 6.99. The zero-order chi connectivity index (χ0) is 8.55. The van der Waals surface area contributed by atoms with E-state index in [1.165, 1.54) is 5.57 Å². The molecule has 3 heteroatoms. The molecule has 2 nitrogen and oxygen atoms in total. The van der Waals surface area contributed by atoms with Crippen LogP contribution in [0, 0.1) is 0 Å². The largest absolute Gasteiger partial charge is 0.306 e. The van der Waals surface area contributed by atoms with Crippen LogP contribution in [-0.4, -0.2) is 21.9 Å². The van der Waals surface area contributed by atoms with Crippen molar-refractivity contribution in [1.29, 1.82) is 0 Å². The fourth-order valence-electron chi connectivity index (χ4n) is 1.41. The van der Waals surface area contributed by atoms with Gasteiger partial charge in [0.2, 0.25) is 5.91 Å². The van der Waals surface area contributed by atoms with E-state index in [-0.39, 0.29) is 5.91 Å². The lowest BCUT2D eigenvalue weighted by Gasteiger charge is -2.40. The normalized spacial score (nSPS) is 28.4. The van der Waals surface area contributed by atoms with Crippen LogP contribution in [0.2, 0.25) is 0 Å². The molecule has 0 saturated carbocycles. The number of carbonyl (C=O) groups is 1. The van der Waals surface area contributed by atoms with Crippen molar-refractivity contribution < 1.29 is 4.79 Å². The molecule has 0 radical (unpaired) electrons. The van der Waals surface area contributed by atoms with Gasteiger partial charge in [0.1, 0.15) is 0 Å². The number of amides is 1. The SMILES string of the molecule is CC=CC1=CN2C(=O)C[C@@H]2SC1. The molecule has 2 aliphatic rings. The summed E-state index contributed by atoms with van der Waals surface area (Å²) in [7, 11) is 0. The van der Waals surface area contributed by atoms with E-state index >= 15 is 0 Å². The molecule has 0 aromatic carbocycles. The van der Waals surface area contributed by atoms with Gasteiger partial charge in [0, 0.05) is 12.0 Å². The number of hydrogen-bond acceptors (Lipinski definition) is 2. The summed E-state index contributed by atoms with van der Waals surface area (Å²) in [5, 5.41) is 0.437. The van der Waals surface area contributed by atoms with Crippen molar-refractivity contribution in [2.24, 2.45) is 0 Å². The molecule has 0 spiro atoms. The standard InChI is InChI=1S/C9H11NOS/c1-2-3-7-5-10-8(11)4-9(10)12-6-7/h2-3,5,9H,4,6H2,1H3/t9-/m0/s1. The van der Waals surface area contributed by atoms with Crippen molar-refractivity contribution in [1.82, 2.24) is 4.90 Å². The molecule has 0 aromatic rings. The summed E-state index contributed by atoms with van der Waals surface area (Å²) in [5.41, 5.74) is 1.24. The summed E-state index contributed by atoms with van der Waals surface area (Å²) >= 11 is 1.85. The first-order chi connectivity index (χ1) is 5.81. The Morgan fingerprint density at radius 1 is 1.75 bits per heavy atom. The van der Waals surface area contributed by atoms with Gasteiger partial charge in [0.25, 0.3) is 0 Å². The van der Waals surface area contributed by atoms with E-state index in [2.05, 4.69) is 6.08 Å². The fourth-order valence-corrected chi connectivity index (χ4v) is 2.56. The quantitative estimate of drug-likeness (QED) is 0.574. The summed E-state index contributed by atoms with van der Waals surface area (Å²) < 4.78 is 0. The second-order valence-corrected chi connectivity index (χ2v) is 4.14. The Morgan fingerprint density at radius 2 is 2.58 bits per heavy atom. The van der Waals surface area contributed by atoms with E-state index in [1.54, 1.807) is 0 Å². The van der Waals surface area contributed by atoms with E-state index in [4.69, 9.17) is 0 Å². The predicted octanol–water partition coefficient (Wildman–Crippen LogP) is 1.75. The fraction of sp³-hybridized carbons (Fsp3) is 0.444. The number of thioether (sulfide) groups is 1. The highest BCUT2D eigenvalue weighted by molar-refractivity contribution is 8.00. The van der Waals surface area contributed by atoms with Crippen LogP contribution in [0.3, 0.4) is 0 Å². The lowest BCUT2D eigenvalue weighted by molar-refractivity contribution is -0.137. The highest BCUT2D eigenvalue weighted by Crippen LogP contribution is 2.35. The van der Waals surface area contributed by atoms with Gasteiger partial charge >= 0.3 is 0 Å². The Hall–Kier alpha value is -0.700. The summed E-state index contributed by atoms with van der Waals surface area (Å²) in [6.07, 6.45) is 6.78. The Bertz CT molecular complexity index is 270. The summed E-state index contributed by atoms with van der Waals surface area (Å²) in [5.74, 6) is 1.30. The van der Waals surface area contributed by atoms with Crippen LogP contribution in [0.4, 0.5) is 0 Å². The lowest BCUT2D eigenvalue weighted by atomic mass is 10.2. The van der Waals surface area contributed by atoms with Gasteiger partial charge in [-0.1, -0.05) is 12.2 Å². The molecule has 64 valence electrons. The molecule has 0 unspecified atom stereocenters. The lowest BCUT2D eigenvalue weighted by Crippen LogP contribution is -2.48. The number of allylic oxidation sites excluding steroid dienone is 2. The molecule has 0 bridgehead atoms. The third kappa shape index (κ3) is 1.18. The van der Waals surface area contributed by atoms with Gasteiger partial charge in [-0.3, -0.25) is 4.79 Å². The second-order valence-electron chi connectivity index (χ2n) is 2.97. The van der Waals surface area contributed by atoms with Crippen molar-refractivity contribution in [2.75, 3.05) is 5.75 Å². The zero-order valence-corrected chi connectivity index (χ0v) is 7.80. The maximum absolute atomic E-state index is 11.1. The minimum Gasteiger partial charge on any atom is -0.306 e. The maximum atomic E-state index is 11.1. The molecule has 0 aliphatic carbocycles. The van der Waals surface area contributed by atoms with Crippen molar-refractivity contribution in [3.8, 4) is 0 Å². The van der Waals surface area contributed by atoms with Gasteiger partial charge < -0.3 is 4.90 Å². The molecule has 12 heavy (non-hydrogen) atoms. The Kier molecular flexibility index (Phi) is 1.97.